The number of urea groups is 1. The van der Waals surface area contributed by atoms with Crippen molar-refractivity contribution in [2.24, 2.45) is 0 Å². The van der Waals surface area contributed by atoms with Gasteiger partial charge in [-0.05, 0) is 42.7 Å². The van der Waals surface area contributed by atoms with Gasteiger partial charge in [-0.3, -0.25) is 0 Å². The molecule has 0 spiro atoms. The molecule has 1 saturated carbocycles. The summed E-state index contributed by atoms with van der Waals surface area (Å²) in [7, 11) is 1.65. The van der Waals surface area contributed by atoms with Crippen LogP contribution in [0.5, 0.6) is 5.75 Å². The van der Waals surface area contributed by atoms with Crippen molar-refractivity contribution in [3.05, 3.63) is 64.1 Å². The Hall–Kier alpha value is -2.90. The molecule has 2 fully saturated rings. The Morgan fingerprint density at radius 3 is 2.47 bits per heavy atom. The SMILES string of the molecule is COc1cc(N2CCN(C(=O)NC3(c4ccc(Cl)c(Cl)c4)CC3)CC2)ccc1-c1cnc(C)o1. The number of amides is 2. The summed E-state index contributed by atoms with van der Waals surface area (Å²) in [6.45, 7) is 4.55. The lowest BCUT2D eigenvalue weighted by atomic mass is 10.1. The number of methoxy groups -OCH3 is 1. The van der Waals surface area contributed by atoms with Crippen LogP contribution in [0.25, 0.3) is 11.3 Å². The molecule has 1 aliphatic carbocycles. The van der Waals surface area contributed by atoms with Crippen LogP contribution < -0.4 is 15.0 Å². The van der Waals surface area contributed by atoms with Gasteiger partial charge < -0.3 is 24.3 Å². The van der Waals surface area contributed by atoms with Gasteiger partial charge in [0, 0.05) is 44.9 Å². The lowest BCUT2D eigenvalue weighted by molar-refractivity contribution is 0.189. The molecular formula is C25H26Cl2N4O3. The summed E-state index contributed by atoms with van der Waals surface area (Å²) >= 11 is 12.3. The standard InChI is InChI=1S/C25H26Cl2N4O3/c1-16-28-15-23(34-16)19-5-4-18(14-22(19)33-2)30-9-11-31(12-10-30)24(32)29-25(7-8-25)17-3-6-20(26)21(27)13-17/h3-6,13-15H,7-12H2,1-2H3,(H,29,32). The number of anilines is 1. The zero-order chi connectivity index (χ0) is 23.9. The van der Waals surface area contributed by atoms with E-state index in [1.807, 2.05) is 36.1 Å². The Morgan fingerprint density at radius 2 is 1.85 bits per heavy atom. The highest BCUT2D eigenvalue weighted by molar-refractivity contribution is 6.42. The molecule has 9 heteroatoms. The number of nitrogens with zero attached hydrogens (tertiary/aromatic N) is 3. The summed E-state index contributed by atoms with van der Waals surface area (Å²) in [5.41, 5.74) is 2.57. The van der Waals surface area contributed by atoms with Crippen molar-refractivity contribution >= 4 is 34.9 Å². The molecule has 1 aromatic heterocycles. The van der Waals surface area contributed by atoms with Gasteiger partial charge >= 0.3 is 6.03 Å². The van der Waals surface area contributed by atoms with Gasteiger partial charge in [0.1, 0.15) is 5.75 Å². The van der Waals surface area contributed by atoms with E-state index in [-0.39, 0.29) is 11.6 Å². The highest BCUT2D eigenvalue weighted by Gasteiger charge is 2.46. The smallest absolute Gasteiger partial charge is 0.318 e. The van der Waals surface area contributed by atoms with Gasteiger partial charge in [-0.2, -0.15) is 0 Å². The van der Waals surface area contributed by atoms with Gasteiger partial charge in [0.2, 0.25) is 0 Å². The molecule has 0 radical (unpaired) electrons. The molecule has 178 valence electrons. The van der Waals surface area contributed by atoms with Crippen LogP contribution in [-0.2, 0) is 5.54 Å². The van der Waals surface area contributed by atoms with Gasteiger partial charge in [-0.15, -0.1) is 0 Å². The molecule has 7 nitrogen and oxygen atoms in total. The number of benzene rings is 2. The highest BCUT2D eigenvalue weighted by Crippen LogP contribution is 2.47. The predicted octanol–water partition coefficient (Wildman–Crippen LogP) is 5.49. The zero-order valence-corrected chi connectivity index (χ0v) is 20.6. The molecule has 0 atom stereocenters. The lowest BCUT2D eigenvalue weighted by Crippen LogP contribution is -2.53. The van der Waals surface area contributed by atoms with Crippen molar-refractivity contribution < 1.29 is 13.9 Å². The minimum atomic E-state index is -0.343. The summed E-state index contributed by atoms with van der Waals surface area (Å²) in [5, 5.41) is 4.26. The molecule has 2 aliphatic rings. The van der Waals surface area contributed by atoms with Gasteiger partial charge in [-0.25, -0.2) is 9.78 Å². The van der Waals surface area contributed by atoms with Crippen molar-refractivity contribution in [2.75, 3.05) is 38.2 Å². The van der Waals surface area contributed by atoms with E-state index in [4.69, 9.17) is 32.4 Å². The summed E-state index contributed by atoms with van der Waals surface area (Å²) < 4.78 is 11.3. The molecule has 1 aliphatic heterocycles. The third kappa shape index (κ3) is 4.42. The Labute approximate surface area is 208 Å². The van der Waals surface area contributed by atoms with Crippen molar-refractivity contribution in [1.29, 1.82) is 0 Å². The quantitative estimate of drug-likeness (QED) is 0.501. The summed E-state index contributed by atoms with van der Waals surface area (Å²) in [6.07, 6.45) is 3.50. The number of rotatable bonds is 5. The fourth-order valence-electron chi connectivity index (χ4n) is 4.42. The van der Waals surface area contributed by atoms with Gasteiger partial charge in [0.05, 0.1) is 34.5 Å². The van der Waals surface area contributed by atoms with E-state index in [2.05, 4.69) is 21.3 Å². The van der Waals surface area contributed by atoms with E-state index in [0.29, 0.717) is 34.8 Å². The average molecular weight is 501 g/mol. The molecule has 2 heterocycles. The van der Waals surface area contributed by atoms with Gasteiger partial charge in [0.15, 0.2) is 11.7 Å². The number of carbonyl (C=O) groups excluding carboxylic acids is 1. The van der Waals surface area contributed by atoms with E-state index < -0.39 is 0 Å². The second-order valence-corrected chi connectivity index (χ2v) is 9.56. The number of hydrogen-bond donors (Lipinski definition) is 1. The van der Waals surface area contributed by atoms with E-state index in [1.54, 1.807) is 19.4 Å². The second kappa shape index (κ2) is 9.04. The van der Waals surface area contributed by atoms with Crippen LogP contribution in [0.3, 0.4) is 0 Å². The Bertz CT molecular complexity index is 1220. The molecule has 34 heavy (non-hydrogen) atoms. The molecule has 0 unspecified atom stereocenters. The van der Waals surface area contributed by atoms with Crippen LogP contribution in [-0.4, -0.2) is 49.2 Å². The summed E-state index contributed by atoms with van der Waals surface area (Å²) in [5.74, 6) is 2.02. The van der Waals surface area contributed by atoms with Crippen molar-refractivity contribution in [3.8, 4) is 17.1 Å². The van der Waals surface area contributed by atoms with Crippen molar-refractivity contribution in [3.63, 3.8) is 0 Å². The molecule has 3 aromatic rings. The van der Waals surface area contributed by atoms with Gasteiger partial charge in [-0.1, -0.05) is 29.3 Å². The first-order valence-electron chi connectivity index (χ1n) is 11.3. The van der Waals surface area contributed by atoms with Crippen LogP contribution in [0.4, 0.5) is 10.5 Å². The van der Waals surface area contributed by atoms with Crippen LogP contribution in [0.1, 0.15) is 24.3 Å². The normalized spacial score (nSPS) is 16.9. The number of ether oxygens (including phenoxy) is 1. The maximum Gasteiger partial charge on any atom is 0.318 e. The van der Waals surface area contributed by atoms with E-state index in [1.165, 1.54) is 0 Å². The van der Waals surface area contributed by atoms with Crippen molar-refractivity contribution in [2.45, 2.75) is 25.3 Å². The predicted molar refractivity (Wildman–Crippen MR) is 133 cm³/mol. The number of nitrogens with one attached hydrogen (secondary N) is 1. The largest absolute Gasteiger partial charge is 0.496 e. The lowest BCUT2D eigenvalue weighted by Gasteiger charge is -2.37. The first-order valence-corrected chi connectivity index (χ1v) is 12.0. The second-order valence-electron chi connectivity index (χ2n) is 8.74. The Kier molecular flexibility index (Phi) is 6.08. The van der Waals surface area contributed by atoms with Crippen LogP contribution in [0.15, 0.2) is 47.0 Å². The van der Waals surface area contributed by atoms with E-state index in [9.17, 15) is 4.79 Å². The van der Waals surface area contributed by atoms with E-state index in [0.717, 1.165) is 48.5 Å². The molecule has 0 bridgehead atoms. The number of hydrogen-bond acceptors (Lipinski definition) is 5. The van der Waals surface area contributed by atoms with E-state index >= 15 is 0 Å². The number of aromatic nitrogens is 1. The minimum Gasteiger partial charge on any atom is -0.496 e. The molecular weight excluding hydrogens is 475 g/mol. The summed E-state index contributed by atoms with van der Waals surface area (Å²) in [4.78, 5) is 21.3. The third-order valence-electron chi connectivity index (χ3n) is 6.57. The molecule has 1 saturated heterocycles. The number of aryl methyl sites for hydroxylation is 1. The number of oxazole rings is 1. The topological polar surface area (TPSA) is 70.8 Å². The molecule has 2 aromatic carbocycles. The van der Waals surface area contributed by atoms with Gasteiger partial charge in [0.25, 0.3) is 0 Å². The third-order valence-corrected chi connectivity index (χ3v) is 7.31. The van der Waals surface area contributed by atoms with Crippen LogP contribution in [0.2, 0.25) is 10.0 Å². The minimum absolute atomic E-state index is 0.0446. The number of carbonyl (C=O) groups is 1. The Balaban J connectivity index is 1.22. The van der Waals surface area contributed by atoms with Crippen LogP contribution in [0, 0.1) is 6.92 Å². The first kappa shape index (κ1) is 22.9. The Morgan fingerprint density at radius 1 is 1.09 bits per heavy atom. The molecule has 5 rings (SSSR count). The van der Waals surface area contributed by atoms with Crippen molar-refractivity contribution in [1.82, 2.24) is 15.2 Å². The molecule has 1 N–H and O–H groups in total. The van der Waals surface area contributed by atoms with Crippen LogP contribution >= 0.6 is 23.2 Å². The number of halogens is 2. The maximum absolute atomic E-state index is 13.0. The molecule has 2 amide bonds. The fraction of sp³-hybridized carbons (Fsp3) is 0.360. The first-order chi connectivity index (χ1) is 16.4. The zero-order valence-electron chi connectivity index (χ0n) is 19.1. The fourth-order valence-corrected chi connectivity index (χ4v) is 4.72. The number of piperazine rings is 1. The highest BCUT2D eigenvalue weighted by atomic mass is 35.5. The maximum atomic E-state index is 13.0. The monoisotopic (exact) mass is 500 g/mol. The summed E-state index contributed by atoms with van der Waals surface area (Å²) in [6, 6.07) is 11.6. The average Bonchev–Trinajstić information content (AvgIpc) is 3.50.